The lowest BCUT2D eigenvalue weighted by atomic mass is 9.43. The Morgan fingerprint density at radius 1 is 1.43 bits per heavy atom. The minimum Gasteiger partial charge on any atom is -0.462 e. The molecule has 3 fully saturated rings. The topological polar surface area (TPSA) is 26.3 Å². The van der Waals surface area contributed by atoms with Gasteiger partial charge >= 0.3 is 5.97 Å². The van der Waals surface area contributed by atoms with Crippen LogP contribution in [-0.2, 0) is 9.53 Å². The van der Waals surface area contributed by atoms with Gasteiger partial charge < -0.3 is 4.74 Å². The SMILES string of the molecule is [CH2]OC(=O)C1CC2CC(C1C)C2(C)C. The summed E-state index contributed by atoms with van der Waals surface area (Å²) in [6.45, 7) is 6.84. The molecule has 2 heteroatoms. The predicted octanol–water partition coefficient (Wildman–Crippen LogP) is 2.64. The molecular formula is C12H19O2. The Kier molecular flexibility index (Phi) is 2.13. The largest absolute Gasteiger partial charge is 0.462 e. The number of esters is 1. The van der Waals surface area contributed by atoms with Gasteiger partial charge in [0.2, 0.25) is 0 Å². The van der Waals surface area contributed by atoms with Gasteiger partial charge in [0.25, 0.3) is 0 Å². The van der Waals surface area contributed by atoms with Gasteiger partial charge in [-0.1, -0.05) is 20.8 Å². The lowest BCUT2D eigenvalue weighted by molar-refractivity contribution is -0.168. The molecule has 14 heavy (non-hydrogen) atoms. The van der Waals surface area contributed by atoms with Crippen LogP contribution in [0.3, 0.4) is 0 Å². The second-order valence-corrected chi connectivity index (χ2v) is 5.53. The first-order chi connectivity index (χ1) is 6.48. The Labute approximate surface area is 86.0 Å². The van der Waals surface area contributed by atoms with E-state index in [-0.39, 0.29) is 11.9 Å². The third kappa shape index (κ3) is 1.12. The average Bonchev–Trinajstić information content (AvgIpc) is 2.16. The molecule has 4 atom stereocenters. The molecule has 0 aromatic carbocycles. The zero-order valence-electron chi connectivity index (χ0n) is 9.25. The zero-order valence-corrected chi connectivity index (χ0v) is 9.25. The molecule has 2 bridgehead atoms. The van der Waals surface area contributed by atoms with Crippen LogP contribution in [0, 0.1) is 36.2 Å². The highest BCUT2D eigenvalue weighted by Gasteiger charge is 2.57. The van der Waals surface area contributed by atoms with Crippen molar-refractivity contribution >= 4 is 5.97 Å². The minimum atomic E-state index is -0.109. The predicted molar refractivity (Wildman–Crippen MR) is 54.1 cm³/mol. The number of carbonyl (C=O) groups excluding carboxylic acids is 1. The summed E-state index contributed by atoms with van der Waals surface area (Å²) in [4.78, 5) is 11.5. The van der Waals surface area contributed by atoms with Crippen LogP contribution < -0.4 is 0 Å². The lowest BCUT2D eigenvalue weighted by Crippen LogP contribution is -2.56. The summed E-state index contributed by atoms with van der Waals surface area (Å²) in [6, 6.07) is 0. The van der Waals surface area contributed by atoms with Crippen LogP contribution in [0.25, 0.3) is 0 Å². The fraction of sp³-hybridized carbons (Fsp3) is 0.833. The van der Waals surface area contributed by atoms with Crippen molar-refractivity contribution in [3.05, 3.63) is 7.11 Å². The highest BCUT2D eigenvalue weighted by Crippen LogP contribution is 2.62. The van der Waals surface area contributed by atoms with Gasteiger partial charge in [-0.3, -0.25) is 4.79 Å². The Morgan fingerprint density at radius 3 is 2.50 bits per heavy atom. The number of fused-ring (bicyclic) bond motifs is 2. The molecule has 3 saturated carbocycles. The number of rotatable bonds is 1. The minimum absolute atomic E-state index is 0.101. The maximum absolute atomic E-state index is 11.5. The van der Waals surface area contributed by atoms with Gasteiger partial charge in [-0.05, 0) is 36.0 Å². The molecule has 0 aromatic rings. The van der Waals surface area contributed by atoms with E-state index in [2.05, 4.69) is 32.6 Å². The van der Waals surface area contributed by atoms with E-state index < -0.39 is 0 Å². The molecule has 0 N–H and O–H groups in total. The fourth-order valence-electron chi connectivity index (χ4n) is 3.57. The molecule has 3 aliphatic carbocycles. The van der Waals surface area contributed by atoms with E-state index in [9.17, 15) is 4.79 Å². The van der Waals surface area contributed by atoms with E-state index in [0.29, 0.717) is 23.2 Å². The first kappa shape index (κ1) is 10.0. The summed E-state index contributed by atoms with van der Waals surface area (Å²) >= 11 is 0. The third-order valence-electron chi connectivity index (χ3n) is 4.80. The molecule has 0 saturated heterocycles. The molecule has 3 aliphatic rings. The highest BCUT2D eigenvalue weighted by molar-refractivity contribution is 5.73. The van der Waals surface area contributed by atoms with Crippen LogP contribution in [0.15, 0.2) is 0 Å². The normalized spacial score (nSPS) is 44.0. The van der Waals surface area contributed by atoms with E-state index >= 15 is 0 Å². The molecule has 3 rings (SSSR count). The van der Waals surface area contributed by atoms with Crippen molar-refractivity contribution in [1.29, 1.82) is 0 Å². The van der Waals surface area contributed by atoms with Gasteiger partial charge in [-0.25, -0.2) is 0 Å². The van der Waals surface area contributed by atoms with Gasteiger partial charge in [0.1, 0.15) is 7.11 Å². The third-order valence-corrected chi connectivity index (χ3v) is 4.80. The van der Waals surface area contributed by atoms with Crippen molar-refractivity contribution < 1.29 is 9.53 Å². The van der Waals surface area contributed by atoms with Crippen molar-refractivity contribution in [2.24, 2.45) is 29.1 Å². The molecule has 79 valence electrons. The first-order valence-electron chi connectivity index (χ1n) is 5.44. The van der Waals surface area contributed by atoms with Crippen LogP contribution >= 0.6 is 0 Å². The summed E-state index contributed by atoms with van der Waals surface area (Å²) in [6.07, 6.45) is 2.30. The van der Waals surface area contributed by atoms with Gasteiger partial charge in [0.05, 0.1) is 5.92 Å². The highest BCUT2D eigenvalue weighted by atomic mass is 16.5. The standard InChI is InChI=1S/C12H19O2/c1-7-9(11(13)14-4)5-8-6-10(7)12(8,2)3/h7-10H,4-6H2,1-3H3. The molecule has 1 radical (unpaired) electrons. The van der Waals surface area contributed by atoms with E-state index in [1.165, 1.54) is 6.42 Å². The van der Waals surface area contributed by atoms with Crippen molar-refractivity contribution in [1.82, 2.24) is 0 Å². The molecule has 2 nitrogen and oxygen atoms in total. The summed E-state index contributed by atoms with van der Waals surface area (Å²) in [7, 11) is 3.22. The Hall–Kier alpha value is -0.530. The lowest BCUT2D eigenvalue weighted by Gasteiger charge is -2.61. The van der Waals surface area contributed by atoms with E-state index in [4.69, 9.17) is 0 Å². The molecule has 0 amide bonds. The second kappa shape index (κ2) is 2.98. The van der Waals surface area contributed by atoms with Gasteiger partial charge in [0.15, 0.2) is 0 Å². The quantitative estimate of drug-likeness (QED) is 0.601. The second-order valence-electron chi connectivity index (χ2n) is 5.53. The summed E-state index contributed by atoms with van der Waals surface area (Å²) in [5, 5.41) is 0. The molecule has 0 spiro atoms. The maximum atomic E-state index is 11.5. The van der Waals surface area contributed by atoms with E-state index in [0.717, 1.165) is 6.42 Å². The Bertz CT molecular complexity index is 257. The molecular weight excluding hydrogens is 176 g/mol. The number of carbonyl (C=O) groups is 1. The van der Waals surface area contributed by atoms with Crippen LogP contribution in [0.2, 0.25) is 0 Å². The molecule has 4 unspecified atom stereocenters. The van der Waals surface area contributed by atoms with Gasteiger partial charge in [-0.15, -0.1) is 0 Å². The van der Waals surface area contributed by atoms with Gasteiger partial charge in [-0.2, -0.15) is 0 Å². The average molecular weight is 195 g/mol. The number of hydrogen-bond donors (Lipinski definition) is 0. The first-order valence-corrected chi connectivity index (χ1v) is 5.44. The smallest absolute Gasteiger partial charge is 0.309 e. The number of ether oxygens (including phenoxy) is 1. The molecule has 0 heterocycles. The number of hydrogen-bond acceptors (Lipinski definition) is 2. The van der Waals surface area contributed by atoms with Crippen LogP contribution in [0.5, 0.6) is 0 Å². The summed E-state index contributed by atoms with van der Waals surface area (Å²) in [5.74, 6) is 1.87. The van der Waals surface area contributed by atoms with Crippen LogP contribution in [0.4, 0.5) is 0 Å². The van der Waals surface area contributed by atoms with Crippen LogP contribution in [0.1, 0.15) is 33.6 Å². The van der Waals surface area contributed by atoms with E-state index in [1.54, 1.807) is 0 Å². The molecule has 0 aliphatic heterocycles. The Morgan fingerprint density at radius 2 is 2.07 bits per heavy atom. The maximum Gasteiger partial charge on any atom is 0.309 e. The van der Waals surface area contributed by atoms with E-state index in [1.807, 2.05) is 0 Å². The zero-order chi connectivity index (χ0) is 10.5. The van der Waals surface area contributed by atoms with Crippen molar-refractivity contribution in [3.8, 4) is 0 Å². The van der Waals surface area contributed by atoms with Crippen LogP contribution in [-0.4, -0.2) is 5.97 Å². The van der Waals surface area contributed by atoms with Crippen molar-refractivity contribution in [2.75, 3.05) is 0 Å². The Balaban J connectivity index is 2.12. The van der Waals surface area contributed by atoms with Crippen molar-refractivity contribution in [2.45, 2.75) is 33.6 Å². The molecule has 0 aromatic heterocycles. The monoisotopic (exact) mass is 195 g/mol. The summed E-state index contributed by atoms with van der Waals surface area (Å²) < 4.78 is 4.61. The fourth-order valence-corrected chi connectivity index (χ4v) is 3.57. The van der Waals surface area contributed by atoms with Crippen molar-refractivity contribution in [3.63, 3.8) is 0 Å². The van der Waals surface area contributed by atoms with Gasteiger partial charge in [0, 0.05) is 0 Å². The summed E-state index contributed by atoms with van der Waals surface area (Å²) in [5.41, 5.74) is 0.442.